The van der Waals surface area contributed by atoms with E-state index in [9.17, 15) is 9.59 Å². The van der Waals surface area contributed by atoms with Crippen molar-refractivity contribution in [3.63, 3.8) is 0 Å². The molecule has 0 radical (unpaired) electrons. The Morgan fingerprint density at radius 3 is 1.67 bits per heavy atom. The maximum Gasteiger partial charge on any atom is 0.236 e. The summed E-state index contributed by atoms with van der Waals surface area (Å²) < 4.78 is 0. The third kappa shape index (κ3) is 3.38. The Balaban J connectivity index is 0.00000220. The van der Waals surface area contributed by atoms with Crippen LogP contribution in [-0.2, 0) is 15.1 Å². The van der Waals surface area contributed by atoms with Crippen LogP contribution in [0.4, 0.5) is 0 Å². The van der Waals surface area contributed by atoms with Crippen molar-refractivity contribution in [2.45, 2.75) is 5.54 Å². The number of nitrogens with zero attached hydrogens (tertiary/aromatic N) is 2. The molecule has 21 heavy (non-hydrogen) atoms. The van der Waals surface area contributed by atoms with E-state index in [4.69, 9.17) is 0 Å². The first kappa shape index (κ1) is 16.2. The van der Waals surface area contributed by atoms with Gasteiger partial charge in [0.25, 0.3) is 0 Å². The molecule has 0 unspecified atom stereocenters. The van der Waals surface area contributed by atoms with Gasteiger partial charge in [-0.05, 0) is 11.1 Å². The lowest BCUT2D eigenvalue weighted by atomic mass is 9.83. The van der Waals surface area contributed by atoms with Gasteiger partial charge in [-0.15, -0.1) is 0 Å². The first-order chi connectivity index (χ1) is 9.83. The molecule has 2 rings (SSSR count). The van der Waals surface area contributed by atoms with Crippen molar-refractivity contribution in [2.24, 2.45) is 9.98 Å². The van der Waals surface area contributed by atoms with Crippen molar-refractivity contribution < 1.29 is 15.1 Å². The van der Waals surface area contributed by atoms with Crippen LogP contribution in [0.5, 0.6) is 0 Å². The smallest absolute Gasteiger partial charge is 0.236 e. The molecule has 0 atom stereocenters. The maximum atomic E-state index is 10.9. The van der Waals surface area contributed by atoms with Gasteiger partial charge in [0.15, 0.2) is 0 Å². The molecule has 0 fully saturated rings. The lowest BCUT2D eigenvalue weighted by Crippen LogP contribution is -2.29. The molecule has 0 aliphatic heterocycles. The largest absolute Gasteiger partial charge is 0.412 e. The molecule has 0 spiro atoms. The number of aliphatic imine (C=N–C) groups is 2. The number of hydrogen-bond donors (Lipinski definition) is 0. The number of carbonyl (C=O) groups excluding carboxylic acids is 2. The van der Waals surface area contributed by atoms with Gasteiger partial charge in [0.05, 0.1) is 6.54 Å². The lowest BCUT2D eigenvalue weighted by molar-refractivity contribution is 0.517. The molecule has 2 N–H and O–H groups in total. The fourth-order valence-electron chi connectivity index (χ4n) is 2.17. The SMILES string of the molecule is O.O=C=NCC(N=C=O)(c1ccccc1)c1ccccc1. The maximum absolute atomic E-state index is 10.9. The highest BCUT2D eigenvalue weighted by Crippen LogP contribution is 2.33. The second-order valence-electron chi connectivity index (χ2n) is 4.20. The molecule has 0 heterocycles. The Bertz CT molecular complexity index is 619. The van der Waals surface area contributed by atoms with E-state index in [2.05, 4.69) is 9.98 Å². The van der Waals surface area contributed by atoms with E-state index < -0.39 is 5.54 Å². The van der Waals surface area contributed by atoms with Crippen molar-refractivity contribution in [3.8, 4) is 0 Å². The monoisotopic (exact) mass is 282 g/mol. The van der Waals surface area contributed by atoms with E-state index in [0.29, 0.717) is 0 Å². The van der Waals surface area contributed by atoms with Gasteiger partial charge in [0.1, 0.15) is 5.54 Å². The van der Waals surface area contributed by atoms with E-state index in [-0.39, 0.29) is 12.0 Å². The first-order valence-corrected chi connectivity index (χ1v) is 6.07. The highest BCUT2D eigenvalue weighted by molar-refractivity contribution is 5.47. The number of rotatable bonds is 5. The Morgan fingerprint density at radius 2 is 1.29 bits per heavy atom. The summed E-state index contributed by atoms with van der Waals surface area (Å²) in [7, 11) is 0. The molecule has 2 aromatic rings. The molecular formula is C16H14N2O3. The molecule has 0 aliphatic rings. The zero-order chi connectivity index (χ0) is 14.3. The number of hydrogen-bond acceptors (Lipinski definition) is 4. The van der Waals surface area contributed by atoms with Crippen molar-refractivity contribution in [1.29, 1.82) is 0 Å². The summed E-state index contributed by atoms with van der Waals surface area (Å²) in [5, 5.41) is 0. The summed E-state index contributed by atoms with van der Waals surface area (Å²) in [5.41, 5.74) is 0.504. The minimum absolute atomic E-state index is 0. The summed E-state index contributed by atoms with van der Waals surface area (Å²) in [4.78, 5) is 29.0. The van der Waals surface area contributed by atoms with Crippen molar-refractivity contribution in [3.05, 3.63) is 71.8 Å². The minimum Gasteiger partial charge on any atom is -0.412 e. The van der Waals surface area contributed by atoms with Gasteiger partial charge in [-0.25, -0.2) is 14.6 Å². The van der Waals surface area contributed by atoms with Crippen LogP contribution in [-0.4, -0.2) is 24.2 Å². The summed E-state index contributed by atoms with van der Waals surface area (Å²) in [5.74, 6) is 0. The summed E-state index contributed by atoms with van der Waals surface area (Å²) in [6, 6.07) is 18.5. The fraction of sp³-hybridized carbons (Fsp3) is 0.125. The van der Waals surface area contributed by atoms with Crippen LogP contribution in [0.3, 0.4) is 0 Å². The second kappa shape index (κ2) is 7.68. The summed E-state index contributed by atoms with van der Waals surface area (Å²) in [6.45, 7) is 0.0137. The van der Waals surface area contributed by atoms with Crippen LogP contribution in [0.15, 0.2) is 70.6 Å². The molecule has 2 aromatic carbocycles. The zero-order valence-corrected chi connectivity index (χ0v) is 11.2. The van der Waals surface area contributed by atoms with Crippen molar-refractivity contribution >= 4 is 12.2 Å². The average molecular weight is 282 g/mol. The van der Waals surface area contributed by atoms with Crippen LogP contribution >= 0.6 is 0 Å². The topological polar surface area (TPSA) is 90.4 Å². The van der Waals surface area contributed by atoms with Crippen LogP contribution in [0.25, 0.3) is 0 Å². The van der Waals surface area contributed by atoms with Crippen LogP contribution in [0, 0.1) is 0 Å². The van der Waals surface area contributed by atoms with Gasteiger partial charge in [-0.3, -0.25) is 0 Å². The van der Waals surface area contributed by atoms with Crippen LogP contribution in [0.2, 0.25) is 0 Å². The van der Waals surface area contributed by atoms with Crippen LogP contribution < -0.4 is 0 Å². The van der Waals surface area contributed by atoms with E-state index in [1.807, 2.05) is 60.7 Å². The predicted octanol–water partition coefficient (Wildman–Crippen LogP) is 1.78. The van der Waals surface area contributed by atoms with Crippen molar-refractivity contribution in [1.82, 2.24) is 0 Å². The Hall–Kier alpha value is -2.84. The zero-order valence-electron chi connectivity index (χ0n) is 11.2. The molecule has 5 heteroatoms. The summed E-state index contributed by atoms with van der Waals surface area (Å²) in [6.07, 6.45) is 3.11. The Kier molecular flexibility index (Phi) is 5.93. The molecule has 0 amide bonds. The molecule has 0 aromatic heterocycles. The van der Waals surface area contributed by atoms with E-state index in [1.54, 1.807) is 6.08 Å². The van der Waals surface area contributed by atoms with Gasteiger partial charge in [-0.1, -0.05) is 60.7 Å². The van der Waals surface area contributed by atoms with Crippen LogP contribution in [0.1, 0.15) is 11.1 Å². The molecule has 0 saturated heterocycles. The first-order valence-electron chi connectivity index (χ1n) is 6.07. The van der Waals surface area contributed by atoms with E-state index in [0.717, 1.165) is 11.1 Å². The van der Waals surface area contributed by atoms with Crippen molar-refractivity contribution in [2.75, 3.05) is 6.54 Å². The highest BCUT2D eigenvalue weighted by atomic mass is 16.1. The normalized spacial score (nSPS) is 9.71. The van der Waals surface area contributed by atoms with Gasteiger partial charge < -0.3 is 5.48 Å². The standard InChI is InChI=1S/C16H12N2O2.H2O/c19-12-17-11-16(18-13-20,14-7-3-1-4-8-14)15-9-5-2-6-10-15;/h1-10H,11H2;1H2. The highest BCUT2D eigenvalue weighted by Gasteiger charge is 2.34. The van der Waals surface area contributed by atoms with E-state index >= 15 is 0 Å². The summed E-state index contributed by atoms with van der Waals surface area (Å²) >= 11 is 0. The molecule has 0 bridgehead atoms. The van der Waals surface area contributed by atoms with E-state index in [1.165, 1.54) is 6.08 Å². The number of isocyanates is 2. The quantitative estimate of drug-likeness (QED) is 0.617. The molecule has 106 valence electrons. The lowest BCUT2D eigenvalue weighted by Gasteiger charge is -2.27. The van der Waals surface area contributed by atoms with Gasteiger partial charge in [0.2, 0.25) is 12.2 Å². The predicted molar refractivity (Wildman–Crippen MR) is 78.4 cm³/mol. The second-order valence-corrected chi connectivity index (χ2v) is 4.20. The molecular weight excluding hydrogens is 268 g/mol. The third-order valence-electron chi connectivity index (χ3n) is 3.11. The Morgan fingerprint density at radius 1 is 0.810 bits per heavy atom. The fourth-order valence-corrected chi connectivity index (χ4v) is 2.17. The molecule has 0 saturated carbocycles. The number of benzene rings is 2. The molecule has 5 nitrogen and oxygen atoms in total. The van der Waals surface area contributed by atoms with Gasteiger partial charge >= 0.3 is 0 Å². The molecule has 0 aliphatic carbocycles. The van der Waals surface area contributed by atoms with Gasteiger partial charge in [-0.2, -0.15) is 4.99 Å². The minimum atomic E-state index is -1.04. The Labute approximate surface area is 122 Å². The average Bonchev–Trinajstić information content (AvgIpc) is 2.53. The third-order valence-corrected chi connectivity index (χ3v) is 3.11. The van der Waals surface area contributed by atoms with Gasteiger partial charge in [0, 0.05) is 0 Å².